The molecule has 4 heteroatoms. The summed E-state index contributed by atoms with van der Waals surface area (Å²) >= 11 is 0. The maximum atomic E-state index is 11.2. The van der Waals surface area contributed by atoms with Crippen LogP contribution in [0.2, 0.25) is 0 Å². The van der Waals surface area contributed by atoms with Crippen molar-refractivity contribution in [3.8, 4) is 5.75 Å². The summed E-state index contributed by atoms with van der Waals surface area (Å²) in [6.45, 7) is 0.559. The smallest absolute Gasteiger partial charge is 0.258 e. The molecule has 4 nitrogen and oxygen atoms in total. The minimum Gasteiger partial charge on any atom is -0.481 e. The Labute approximate surface area is 92.2 Å². The third kappa shape index (κ3) is 1.39. The number of benzene rings is 1. The van der Waals surface area contributed by atoms with Gasteiger partial charge in [0.05, 0.1) is 0 Å². The highest BCUT2D eigenvalue weighted by Gasteiger charge is 2.16. The van der Waals surface area contributed by atoms with Crippen molar-refractivity contribution < 1.29 is 9.53 Å². The molecule has 1 aromatic carbocycles. The number of aromatic nitrogens is 1. The number of amides is 1. The zero-order valence-electron chi connectivity index (χ0n) is 8.56. The first-order valence-electron chi connectivity index (χ1n) is 5.11. The van der Waals surface area contributed by atoms with E-state index in [0.29, 0.717) is 6.54 Å². The second kappa shape index (κ2) is 3.48. The van der Waals surface area contributed by atoms with Crippen LogP contribution in [0.15, 0.2) is 30.5 Å². The van der Waals surface area contributed by atoms with Gasteiger partial charge in [-0.15, -0.1) is 0 Å². The predicted octanol–water partition coefficient (Wildman–Crippen LogP) is 1.24. The first kappa shape index (κ1) is 9.15. The largest absolute Gasteiger partial charge is 0.481 e. The Balaban J connectivity index is 2.22. The van der Waals surface area contributed by atoms with Crippen LogP contribution >= 0.6 is 0 Å². The summed E-state index contributed by atoms with van der Waals surface area (Å²) in [6, 6.07) is 7.81. The SMILES string of the molecule is O=C1COc2c(ccc3cccnc23)CN1. The molecular formula is C12H10N2O2. The quantitative estimate of drug-likeness (QED) is 0.718. The monoisotopic (exact) mass is 214 g/mol. The van der Waals surface area contributed by atoms with Gasteiger partial charge in [0.1, 0.15) is 5.52 Å². The number of nitrogens with one attached hydrogen (secondary N) is 1. The molecular weight excluding hydrogens is 204 g/mol. The molecule has 2 aromatic rings. The molecule has 0 saturated carbocycles. The van der Waals surface area contributed by atoms with Crippen molar-refractivity contribution in [2.45, 2.75) is 6.54 Å². The van der Waals surface area contributed by atoms with Gasteiger partial charge in [-0.2, -0.15) is 0 Å². The molecule has 0 atom stereocenters. The van der Waals surface area contributed by atoms with Crippen LogP contribution in [-0.2, 0) is 11.3 Å². The summed E-state index contributed by atoms with van der Waals surface area (Å²) in [4.78, 5) is 15.5. The highest BCUT2D eigenvalue weighted by Crippen LogP contribution is 2.29. The van der Waals surface area contributed by atoms with Crippen molar-refractivity contribution in [1.82, 2.24) is 10.3 Å². The average Bonchev–Trinajstić information content (AvgIpc) is 2.52. The van der Waals surface area contributed by atoms with Crippen molar-refractivity contribution in [1.29, 1.82) is 0 Å². The number of nitrogens with zero attached hydrogens (tertiary/aromatic N) is 1. The molecule has 0 fully saturated rings. The maximum absolute atomic E-state index is 11.2. The van der Waals surface area contributed by atoms with Gasteiger partial charge >= 0.3 is 0 Å². The number of hydrogen-bond donors (Lipinski definition) is 1. The van der Waals surface area contributed by atoms with Crippen LogP contribution in [0.3, 0.4) is 0 Å². The molecule has 1 aromatic heterocycles. The minimum absolute atomic E-state index is 0.0582. The van der Waals surface area contributed by atoms with E-state index in [1.54, 1.807) is 6.20 Å². The third-order valence-electron chi connectivity index (χ3n) is 2.63. The Bertz CT molecular complexity index is 566. The lowest BCUT2D eigenvalue weighted by atomic mass is 10.1. The summed E-state index contributed by atoms with van der Waals surface area (Å²) in [6.07, 6.45) is 1.73. The molecule has 1 amide bonds. The van der Waals surface area contributed by atoms with Gasteiger partial charge in [-0.1, -0.05) is 18.2 Å². The average molecular weight is 214 g/mol. The Morgan fingerprint density at radius 3 is 3.19 bits per heavy atom. The fourth-order valence-corrected chi connectivity index (χ4v) is 1.84. The molecule has 16 heavy (non-hydrogen) atoms. The van der Waals surface area contributed by atoms with Crippen LogP contribution in [0.5, 0.6) is 5.75 Å². The van der Waals surface area contributed by atoms with Gasteiger partial charge in [0, 0.05) is 23.7 Å². The lowest BCUT2D eigenvalue weighted by Crippen LogP contribution is -2.25. The van der Waals surface area contributed by atoms with Gasteiger partial charge in [0.15, 0.2) is 12.4 Å². The third-order valence-corrected chi connectivity index (χ3v) is 2.63. The molecule has 1 aliphatic heterocycles. The number of ether oxygens (including phenoxy) is 1. The van der Waals surface area contributed by atoms with Gasteiger partial charge in [-0.3, -0.25) is 9.78 Å². The van der Waals surface area contributed by atoms with E-state index in [2.05, 4.69) is 10.3 Å². The molecule has 80 valence electrons. The second-order valence-corrected chi connectivity index (χ2v) is 3.69. The number of hydrogen-bond acceptors (Lipinski definition) is 3. The van der Waals surface area contributed by atoms with E-state index in [0.717, 1.165) is 22.2 Å². The van der Waals surface area contributed by atoms with E-state index in [-0.39, 0.29) is 12.5 Å². The zero-order chi connectivity index (χ0) is 11.0. The number of rotatable bonds is 0. The standard InChI is InChI=1S/C12H10N2O2/c15-10-7-16-12-9(6-14-10)4-3-8-2-1-5-13-11(8)12/h1-5H,6-7H2,(H,14,15). The molecule has 2 heterocycles. The number of carbonyl (C=O) groups excluding carboxylic acids is 1. The van der Waals surface area contributed by atoms with Crippen molar-refractivity contribution in [3.05, 3.63) is 36.0 Å². The molecule has 0 saturated heterocycles. The molecule has 0 bridgehead atoms. The lowest BCUT2D eigenvalue weighted by molar-refractivity contribution is -0.122. The first-order valence-corrected chi connectivity index (χ1v) is 5.11. The van der Waals surface area contributed by atoms with Crippen LogP contribution < -0.4 is 10.1 Å². The second-order valence-electron chi connectivity index (χ2n) is 3.69. The van der Waals surface area contributed by atoms with Gasteiger partial charge in [-0.05, 0) is 6.07 Å². The van der Waals surface area contributed by atoms with Crippen molar-refractivity contribution >= 4 is 16.8 Å². The van der Waals surface area contributed by atoms with Crippen molar-refractivity contribution in [2.75, 3.05) is 6.61 Å². The summed E-state index contributed by atoms with van der Waals surface area (Å²) < 4.78 is 5.50. The van der Waals surface area contributed by atoms with E-state index in [1.807, 2.05) is 24.3 Å². The summed E-state index contributed by atoms with van der Waals surface area (Å²) in [5.74, 6) is 0.622. The highest BCUT2D eigenvalue weighted by atomic mass is 16.5. The minimum atomic E-state index is -0.0970. The molecule has 1 N–H and O–H groups in total. The van der Waals surface area contributed by atoms with Crippen LogP contribution in [0, 0.1) is 0 Å². The molecule has 3 rings (SSSR count). The van der Waals surface area contributed by atoms with Crippen LogP contribution in [0.25, 0.3) is 10.9 Å². The predicted molar refractivity (Wildman–Crippen MR) is 59.1 cm³/mol. The molecule has 0 radical (unpaired) electrons. The van der Waals surface area contributed by atoms with Crippen molar-refractivity contribution in [3.63, 3.8) is 0 Å². The van der Waals surface area contributed by atoms with Gasteiger partial charge in [0.2, 0.25) is 0 Å². The van der Waals surface area contributed by atoms with Gasteiger partial charge in [-0.25, -0.2) is 0 Å². The number of carbonyl (C=O) groups is 1. The Morgan fingerprint density at radius 1 is 1.31 bits per heavy atom. The fraction of sp³-hybridized carbons (Fsp3) is 0.167. The Kier molecular flexibility index (Phi) is 1.99. The van der Waals surface area contributed by atoms with Gasteiger partial charge < -0.3 is 10.1 Å². The topological polar surface area (TPSA) is 51.2 Å². The molecule has 0 spiro atoms. The Morgan fingerprint density at radius 2 is 2.25 bits per heavy atom. The number of pyridine rings is 1. The van der Waals surface area contributed by atoms with E-state index in [4.69, 9.17) is 4.74 Å². The first-order chi connectivity index (χ1) is 7.84. The lowest BCUT2D eigenvalue weighted by Gasteiger charge is -2.08. The van der Waals surface area contributed by atoms with Crippen LogP contribution in [-0.4, -0.2) is 17.5 Å². The number of fused-ring (bicyclic) bond motifs is 3. The summed E-state index contributed by atoms with van der Waals surface area (Å²) in [7, 11) is 0. The zero-order valence-corrected chi connectivity index (χ0v) is 8.56. The van der Waals surface area contributed by atoms with Crippen molar-refractivity contribution in [2.24, 2.45) is 0 Å². The van der Waals surface area contributed by atoms with Gasteiger partial charge in [0.25, 0.3) is 5.91 Å². The molecule has 0 aliphatic carbocycles. The summed E-state index contributed by atoms with van der Waals surface area (Å²) in [5, 5.41) is 3.80. The van der Waals surface area contributed by atoms with E-state index < -0.39 is 0 Å². The molecule has 1 aliphatic rings. The Hall–Kier alpha value is -2.10. The maximum Gasteiger partial charge on any atom is 0.258 e. The van der Waals surface area contributed by atoms with E-state index in [1.165, 1.54) is 0 Å². The summed E-state index contributed by atoms with van der Waals surface area (Å²) in [5.41, 5.74) is 1.79. The molecule has 0 unspecified atom stereocenters. The fourth-order valence-electron chi connectivity index (χ4n) is 1.84. The van der Waals surface area contributed by atoms with E-state index >= 15 is 0 Å². The highest BCUT2D eigenvalue weighted by molar-refractivity contribution is 5.87. The van der Waals surface area contributed by atoms with E-state index in [9.17, 15) is 4.79 Å². The van der Waals surface area contributed by atoms with Crippen LogP contribution in [0.1, 0.15) is 5.56 Å². The van der Waals surface area contributed by atoms with Crippen LogP contribution in [0.4, 0.5) is 0 Å². The normalized spacial score (nSPS) is 14.9.